The lowest BCUT2D eigenvalue weighted by Gasteiger charge is -2.43. The number of fused-ring (bicyclic) bond motifs is 2. The molecule has 0 unspecified atom stereocenters. The Bertz CT molecular complexity index is 571. The summed E-state index contributed by atoms with van der Waals surface area (Å²) in [5, 5.41) is 0. The first-order valence-electron chi connectivity index (χ1n) is 8.13. The molecule has 0 amide bonds. The van der Waals surface area contributed by atoms with Crippen LogP contribution in [0.4, 0.5) is 0 Å². The van der Waals surface area contributed by atoms with E-state index in [9.17, 15) is 4.79 Å². The van der Waals surface area contributed by atoms with Gasteiger partial charge in [0.05, 0.1) is 7.11 Å². The standard InChI is InChI=1S/C19H26O2/c1-12-8-15-14(10-18(12)21-4)9-13-6-5-7-19(2,3)16(13)11-17(15)20/h8,10,13,16H,5-7,9,11H2,1-4H3/t13-,16-/m0/s1. The summed E-state index contributed by atoms with van der Waals surface area (Å²) in [4.78, 5) is 12.8. The van der Waals surface area contributed by atoms with Gasteiger partial charge in [0.1, 0.15) is 5.75 Å². The van der Waals surface area contributed by atoms with Crippen molar-refractivity contribution in [3.63, 3.8) is 0 Å². The van der Waals surface area contributed by atoms with Crippen molar-refractivity contribution < 1.29 is 9.53 Å². The van der Waals surface area contributed by atoms with E-state index in [2.05, 4.69) is 19.9 Å². The summed E-state index contributed by atoms with van der Waals surface area (Å²) >= 11 is 0. The van der Waals surface area contributed by atoms with Gasteiger partial charge >= 0.3 is 0 Å². The van der Waals surface area contributed by atoms with Crippen molar-refractivity contribution in [2.24, 2.45) is 17.3 Å². The summed E-state index contributed by atoms with van der Waals surface area (Å²) < 4.78 is 5.45. The maximum Gasteiger partial charge on any atom is 0.163 e. The minimum Gasteiger partial charge on any atom is -0.496 e. The van der Waals surface area contributed by atoms with E-state index in [0.717, 1.165) is 29.7 Å². The van der Waals surface area contributed by atoms with Gasteiger partial charge < -0.3 is 4.74 Å². The topological polar surface area (TPSA) is 26.3 Å². The molecular weight excluding hydrogens is 260 g/mol. The SMILES string of the molecule is COc1cc2c(cc1C)C(=O)C[C@H]1[C@@H](CCCC1(C)C)C2. The second-order valence-electron chi connectivity index (χ2n) is 7.56. The normalized spacial score (nSPS) is 27.5. The lowest BCUT2D eigenvalue weighted by Crippen LogP contribution is -2.36. The largest absolute Gasteiger partial charge is 0.496 e. The molecule has 1 aromatic carbocycles. The zero-order valence-corrected chi connectivity index (χ0v) is 13.7. The van der Waals surface area contributed by atoms with Crippen LogP contribution in [0.5, 0.6) is 5.75 Å². The lowest BCUT2D eigenvalue weighted by molar-refractivity contribution is 0.0602. The van der Waals surface area contributed by atoms with Gasteiger partial charge in [-0.25, -0.2) is 0 Å². The Kier molecular flexibility index (Phi) is 3.59. The molecule has 3 rings (SSSR count). The van der Waals surface area contributed by atoms with Crippen LogP contribution in [0.2, 0.25) is 0 Å². The van der Waals surface area contributed by atoms with Crippen LogP contribution in [0.1, 0.15) is 61.0 Å². The Labute approximate surface area is 127 Å². The van der Waals surface area contributed by atoms with Crippen molar-refractivity contribution in [3.8, 4) is 5.75 Å². The average Bonchev–Trinajstić information content (AvgIpc) is 2.56. The number of aryl methyl sites for hydroxylation is 1. The van der Waals surface area contributed by atoms with Gasteiger partial charge in [-0.3, -0.25) is 4.79 Å². The van der Waals surface area contributed by atoms with Crippen molar-refractivity contribution in [1.82, 2.24) is 0 Å². The highest BCUT2D eigenvalue weighted by atomic mass is 16.5. The molecule has 0 N–H and O–H groups in total. The molecule has 0 bridgehead atoms. The monoisotopic (exact) mass is 286 g/mol. The number of ketones is 1. The molecule has 0 heterocycles. The van der Waals surface area contributed by atoms with E-state index >= 15 is 0 Å². The highest BCUT2D eigenvalue weighted by Gasteiger charge is 2.42. The highest BCUT2D eigenvalue weighted by Crippen LogP contribution is 2.49. The van der Waals surface area contributed by atoms with Gasteiger partial charge in [0.2, 0.25) is 0 Å². The first-order valence-corrected chi connectivity index (χ1v) is 8.13. The predicted octanol–water partition coefficient (Wildman–Crippen LogP) is 4.58. The Morgan fingerprint density at radius 3 is 2.71 bits per heavy atom. The molecule has 0 radical (unpaired) electrons. The quantitative estimate of drug-likeness (QED) is 0.755. The smallest absolute Gasteiger partial charge is 0.163 e. The summed E-state index contributed by atoms with van der Waals surface area (Å²) in [7, 11) is 1.71. The van der Waals surface area contributed by atoms with E-state index in [1.807, 2.05) is 13.0 Å². The van der Waals surface area contributed by atoms with E-state index < -0.39 is 0 Å². The van der Waals surface area contributed by atoms with Crippen LogP contribution in [-0.4, -0.2) is 12.9 Å². The number of methoxy groups -OCH3 is 1. The predicted molar refractivity (Wildman–Crippen MR) is 85.0 cm³/mol. The molecule has 21 heavy (non-hydrogen) atoms. The van der Waals surface area contributed by atoms with Gasteiger partial charge in [0.15, 0.2) is 5.78 Å². The van der Waals surface area contributed by atoms with Crippen LogP contribution < -0.4 is 4.74 Å². The van der Waals surface area contributed by atoms with Gasteiger partial charge in [-0.05, 0) is 66.7 Å². The third-order valence-electron chi connectivity index (χ3n) is 5.78. The van der Waals surface area contributed by atoms with Crippen LogP contribution in [0.25, 0.3) is 0 Å². The maximum absolute atomic E-state index is 12.8. The molecule has 2 aliphatic carbocycles. The van der Waals surface area contributed by atoms with Crippen molar-refractivity contribution in [2.45, 2.75) is 52.9 Å². The Morgan fingerprint density at radius 2 is 2.00 bits per heavy atom. The van der Waals surface area contributed by atoms with Crippen LogP contribution in [0, 0.1) is 24.2 Å². The van der Waals surface area contributed by atoms with Crippen LogP contribution >= 0.6 is 0 Å². The summed E-state index contributed by atoms with van der Waals surface area (Å²) in [5.41, 5.74) is 3.50. The van der Waals surface area contributed by atoms with E-state index in [1.54, 1.807) is 7.11 Å². The lowest BCUT2D eigenvalue weighted by atomic mass is 9.62. The zero-order valence-electron chi connectivity index (χ0n) is 13.7. The fourth-order valence-corrected chi connectivity index (χ4v) is 4.50. The molecule has 1 aromatic rings. The number of hydrogen-bond donors (Lipinski definition) is 0. The van der Waals surface area contributed by atoms with Crippen molar-refractivity contribution in [1.29, 1.82) is 0 Å². The average molecular weight is 286 g/mol. The molecular formula is C19H26O2. The number of hydrogen-bond acceptors (Lipinski definition) is 2. The first kappa shape index (κ1) is 14.6. The minimum atomic E-state index is 0.291. The molecule has 114 valence electrons. The molecule has 2 heteroatoms. The van der Waals surface area contributed by atoms with Gasteiger partial charge in [-0.2, -0.15) is 0 Å². The fourth-order valence-electron chi connectivity index (χ4n) is 4.50. The molecule has 1 fully saturated rings. The number of Topliss-reactive ketones (excluding diaryl/α,β-unsaturated/α-hetero) is 1. The van der Waals surface area contributed by atoms with Gasteiger partial charge in [0.25, 0.3) is 0 Å². The van der Waals surface area contributed by atoms with Gasteiger partial charge in [-0.15, -0.1) is 0 Å². The maximum atomic E-state index is 12.8. The molecule has 0 aliphatic heterocycles. The van der Waals surface area contributed by atoms with E-state index in [-0.39, 0.29) is 0 Å². The Hall–Kier alpha value is -1.31. The van der Waals surface area contributed by atoms with E-state index in [4.69, 9.17) is 4.74 Å². The molecule has 0 saturated heterocycles. The molecule has 2 nitrogen and oxygen atoms in total. The third kappa shape index (κ3) is 2.49. The van der Waals surface area contributed by atoms with E-state index in [0.29, 0.717) is 23.0 Å². The van der Waals surface area contributed by atoms with Gasteiger partial charge in [0, 0.05) is 12.0 Å². The number of benzene rings is 1. The minimum absolute atomic E-state index is 0.291. The number of rotatable bonds is 1. The van der Waals surface area contributed by atoms with Crippen LogP contribution in [-0.2, 0) is 6.42 Å². The highest BCUT2D eigenvalue weighted by molar-refractivity contribution is 5.98. The van der Waals surface area contributed by atoms with Gasteiger partial charge in [-0.1, -0.05) is 20.3 Å². The first-order chi connectivity index (χ1) is 9.92. The second kappa shape index (κ2) is 5.15. The Balaban J connectivity index is 2.03. The molecule has 2 atom stereocenters. The molecule has 1 saturated carbocycles. The Morgan fingerprint density at radius 1 is 1.24 bits per heavy atom. The number of ether oxygens (including phenoxy) is 1. The van der Waals surface area contributed by atoms with Crippen molar-refractivity contribution in [3.05, 3.63) is 28.8 Å². The summed E-state index contributed by atoms with van der Waals surface area (Å²) in [6.07, 6.45) is 5.56. The molecule has 0 aromatic heterocycles. The van der Waals surface area contributed by atoms with Crippen LogP contribution in [0.15, 0.2) is 12.1 Å². The molecule has 0 spiro atoms. The zero-order chi connectivity index (χ0) is 15.2. The third-order valence-corrected chi connectivity index (χ3v) is 5.78. The van der Waals surface area contributed by atoms with Crippen molar-refractivity contribution >= 4 is 5.78 Å². The van der Waals surface area contributed by atoms with Crippen molar-refractivity contribution in [2.75, 3.05) is 7.11 Å². The number of carbonyl (C=O) groups is 1. The fraction of sp³-hybridized carbons (Fsp3) is 0.632. The van der Waals surface area contributed by atoms with Crippen LogP contribution in [0.3, 0.4) is 0 Å². The molecule has 2 aliphatic rings. The summed E-state index contributed by atoms with van der Waals surface area (Å²) in [5.74, 6) is 2.41. The summed E-state index contributed by atoms with van der Waals surface area (Å²) in [6, 6.07) is 4.15. The summed E-state index contributed by atoms with van der Waals surface area (Å²) in [6.45, 7) is 6.71. The number of carbonyl (C=O) groups excluding carboxylic acids is 1. The van der Waals surface area contributed by atoms with E-state index in [1.165, 1.54) is 24.8 Å². The second-order valence-corrected chi connectivity index (χ2v) is 7.56.